The molecule has 0 radical (unpaired) electrons. The topological polar surface area (TPSA) is 73.5 Å². The van der Waals surface area contributed by atoms with Gasteiger partial charge in [0.2, 0.25) is 5.88 Å². The number of carbonyl (C=O) groups is 1. The monoisotopic (exact) mass is 330 g/mol. The molecule has 0 saturated heterocycles. The first-order valence-electron chi connectivity index (χ1n) is 7.64. The van der Waals surface area contributed by atoms with Crippen LogP contribution in [0.1, 0.15) is 20.8 Å². The summed E-state index contributed by atoms with van der Waals surface area (Å²) < 4.78 is 7.36. The van der Waals surface area contributed by atoms with Gasteiger partial charge < -0.3 is 9.84 Å². The summed E-state index contributed by atoms with van der Waals surface area (Å²) in [5, 5.41) is 9.77. The third-order valence-electron chi connectivity index (χ3n) is 4.55. The maximum atomic E-state index is 12.3. The lowest BCUT2D eigenvalue weighted by molar-refractivity contribution is -0.150. The zero-order valence-electron chi connectivity index (χ0n) is 14.2. The van der Waals surface area contributed by atoms with Gasteiger partial charge in [0.05, 0.1) is 18.7 Å². The summed E-state index contributed by atoms with van der Waals surface area (Å²) >= 11 is 0. The first-order valence-corrected chi connectivity index (χ1v) is 7.64. The number of hydrogen-bond donors (Lipinski definition) is 1. The van der Waals surface area contributed by atoms with E-state index >= 15 is 0 Å². The highest BCUT2D eigenvalue weighted by molar-refractivity contribution is 5.78. The minimum atomic E-state index is -0.521. The Kier molecular flexibility index (Phi) is 4.74. The zero-order valence-corrected chi connectivity index (χ0v) is 14.2. The highest BCUT2D eigenvalue weighted by Crippen LogP contribution is 2.59. The molecule has 0 unspecified atom stereocenters. The largest absolute Gasteiger partial charge is 0.493 e. The molecule has 1 saturated carbocycles. The lowest BCUT2D eigenvalue weighted by Gasteiger charge is -2.06. The van der Waals surface area contributed by atoms with Crippen LogP contribution in [0.5, 0.6) is 5.88 Å². The van der Waals surface area contributed by atoms with Crippen LogP contribution in [-0.2, 0) is 22.8 Å². The molecule has 1 aromatic heterocycles. The average Bonchev–Trinajstić information content (AvgIpc) is 2.94. The summed E-state index contributed by atoms with van der Waals surface area (Å²) in [5.41, 5.74) is 0.278. The number of allylic oxidation sites excluding steroid dienone is 3. The van der Waals surface area contributed by atoms with Crippen molar-refractivity contribution < 1.29 is 14.6 Å². The SMILES string of the molecule is C#CCn1cc(O)n(COC(=O)[C@@H]2[C@@H](C=C(C)C=C)C2(C)C)c1=O. The molecule has 6 nitrogen and oxygen atoms in total. The summed E-state index contributed by atoms with van der Waals surface area (Å²) in [7, 11) is 0. The van der Waals surface area contributed by atoms with Gasteiger partial charge in [0.1, 0.15) is 0 Å². The van der Waals surface area contributed by atoms with Gasteiger partial charge in [0, 0.05) is 0 Å². The van der Waals surface area contributed by atoms with Gasteiger partial charge in [-0.2, -0.15) is 0 Å². The van der Waals surface area contributed by atoms with Crippen LogP contribution >= 0.6 is 0 Å². The van der Waals surface area contributed by atoms with Crippen molar-refractivity contribution in [2.75, 3.05) is 0 Å². The van der Waals surface area contributed by atoms with E-state index in [9.17, 15) is 14.7 Å². The number of imidazole rings is 1. The summed E-state index contributed by atoms with van der Waals surface area (Å²) in [4.78, 5) is 24.3. The molecule has 0 aromatic carbocycles. The second-order valence-electron chi connectivity index (χ2n) is 6.56. The number of carbonyl (C=O) groups excluding carboxylic acids is 1. The Bertz CT molecular complexity index is 789. The third kappa shape index (κ3) is 3.16. The Balaban J connectivity index is 2.06. The molecule has 24 heavy (non-hydrogen) atoms. The van der Waals surface area contributed by atoms with Crippen LogP contribution in [0.3, 0.4) is 0 Å². The molecule has 6 heteroatoms. The Morgan fingerprint density at radius 3 is 2.83 bits per heavy atom. The molecular formula is C18H22N2O4. The second kappa shape index (κ2) is 6.44. The molecule has 128 valence electrons. The van der Waals surface area contributed by atoms with Crippen molar-refractivity contribution in [3.8, 4) is 18.2 Å². The van der Waals surface area contributed by atoms with Gasteiger partial charge in [-0.3, -0.25) is 9.36 Å². The van der Waals surface area contributed by atoms with Crippen LogP contribution in [-0.4, -0.2) is 20.2 Å². The van der Waals surface area contributed by atoms with E-state index < -0.39 is 11.7 Å². The summed E-state index contributed by atoms with van der Waals surface area (Å²) in [5.74, 6) is 1.42. The summed E-state index contributed by atoms with van der Waals surface area (Å²) in [6.45, 7) is 9.31. The van der Waals surface area contributed by atoms with Crippen LogP contribution in [0.2, 0.25) is 0 Å². The molecule has 1 heterocycles. The predicted molar refractivity (Wildman–Crippen MR) is 90.0 cm³/mol. The van der Waals surface area contributed by atoms with Crippen molar-refractivity contribution in [2.24, 2.45) is 17.3 Å². The van der Waals surface area contributed by atoms with Crippen molar-refractivity contribution in [1.29, 1.82) is 0 Å². The van der Waals surface area contributed by atoms with Crippen molar-refractivity contribution in [1.82, 2.24) is 9.13 Å². The fraction of sp³-hybridized carbons (Fsp3) is 0.444. The molecule has 1 aliphatic rings. The van der Waals surface area contributed by atoms with Crippen molar-refractivity contribution in [3.63, 3.8) is 0 Å². The van der Waals surface area contributed by atoms with Crippen LogP contribution in [0.25, 0.3) is 0 Å². The molecule has 1 N–H and O–H groups in total. The van der Waals surface area contributed by atoms with Gasteiger partial charge >= 0.3 is 11.7 Å². The predicted octanol–water partition coefficient (Wildman–Crippen LogP) is 1.89. The van der Waals surface area contributed by atoms with E-state index in [1.54, 1.807) is 6.08 Å². The number of nitrogens with zero attached hydrogens (tertiary/aromatic N) is 2. The van der Waals surface area contributed by atoms with E-state index in [1.807, 2.05) is 26.8 Å². The highest BCUT2D eigenvalue weighted by Gasteiger charge is 2.61. The van der Waals surface area contributed by atoms with Crippen molar-refractivity contribution >= 4 is 5.97 Å². The first kappa shape index (κ1) is 17.7. The van der Waals surface area contributed by atoms with Gasteiger partial charge in [0.15, 0.2) is 6.73 Å². The molecule has 1 fully saturated rings. The minimum absolute atomic E-state index is 0.0384. The number of terminal acetylenes is 1. The molecule has 0 aliphatic heterocycles. The van der Waals surface area contributed by atoms with Gasteiger partial charge in [-0.05, 0) is 18.3 Å². The van der Waals surface area contributed by atoms with Gasteiger partial charge in [-0.15, -0.1) is 6.42 Å². The quantitative estimate of drug-likeness (QED) is 0.491. The normalized spacial score (nSPS) is 21.8. The summed E-state index contributed by atoms with van der Waals surface area (Å²) in [6.07, 6.45) is 10.1. The van der Waals surface area contributed by atoms with E-state index in [-0.39, 0.29) is 36.4 Å². The lowest BCUT2D eigenvalue weighted by atomic mass is 10.1. The molecule has 1 aromatic rings. The second-order valence-corrected chi connectivity index (χ2v) is 6.56. The third-order valence-corrected chi connectivity index (χ3v) is 4.55. The molecule has 1 aliphatic carbocycles. The fourth-order valence-corrected chi connectivity index (χ4v) is 2.86. The van der Waals surface area contributed by atoms with E-state index in [1.165, 1.54) is 10.8 Å². The van der Waals surface area contributed by atoms with Crippen molar-refractivity contribution in [2.45, 2.75) is 34.0 Å². The smallest absolute Gasteiger partial charge is 0.334 e. The maximum Gasteiger partial charge on any atom is 0.334 e. The van der Waals surface area contributed by atoms with Crippen molar-refractivity contribution in [3.05, 3.63) is 41.0 Å². The number of esters is 1. The van der Waals surface area contributed by atoms with E-state index in [0.29, 0.717) is 0 Å². The lowest BCUT2D eigenvalue weighted by Crippen LogP contribution is -2.26. The Labute approximate surface area is 141 Å². The maximum absolute atomic E-state index is 12.3. The molecule has 0 spiro atoms. The standard InChI is InChI=1S/C18H22N2O4/c1-6-8-19-10-14(21)20(17(19)23)11-24-16(22)15-13(18(15,4)5)9-12(3)7-2/h1,7,9-10,13,15,21H,2,8,11H2,3-5H3/t13-,15+/m1/s1. The van der Waals surface area contributed by atoms with Crippen LogP contribution in [0.15, 0.2) is 35.3 Å². The van der Waals surface area contributed by atoms with E-state index in [2.05, 4.69) is 12.5 Å². The van der Waals surface area contributed by atoms with Gasteiger partial charge in [-0.1, -0.05) is 44.1 Å². The Morgan fingerprint density at radius 2 is 2.25 bits per heavy atom. The first-order chi connectivity index (χ1) is 11.2. The molecule has 2 atom stereocenters. The minimum Gasteiger partial charge on any atom is -0.493 e. The van der Waals surface area contributed by atoms with Crippen LogP contribution in [0, 0.1) is 29.6 Å². The van der Waals surface area contributed by atoms with E-state index in [4.69, 9.17) is 11.2 Å². The van der Waals surface area contributed by atoms with Crippen LogP contribution < -0.4 is 5.69 Å². The molecule has 0 bridgehead atoms. The zero-order chi connectivity index (χ0) is 18.1. The Hall–Kier alpha value is -2.68. The van der Waals surface area contributed by atoms with Gasteiger partial charge in [-0.25, -0.2) is 9.36 Å². The van der Waals surface area contributed by atoms with Crippen LogP contribution in [0.4, 0.5) is 0 Å². The Morgan fingerprint density at radius 1 is 1.58 bits per heavy atom. The highest BCUT2D eigenvalue weighted by atomic mass is 16.5. The molecule has 2 rings (SSSR count). The summed E-state index contributed by atoms with van der Waals surface area (Å²) in [6, 6.07) is 0. The number of aromatic nitrogens is 2. The molecular weight excluding hydrogens is 308 g/mol. The average molecular weight is 330 g/mol. The fourth-order valence-electron chi connectivity index (χ4n) is 2.86. The molecule has 0 amide bonds. The number of ether oxygens (including phenoxy) is 1. The van der Waals surface area contributed by atoms with E-state index in [0.717, 1.165) is 10.1 Å². The van der Waals surface area contributed by atoms with Gasteiger partial charge in [0.25, 0.3) is 0 Å². The number of rotatable bonds is 6. The number of hydrogen-bond acceptors (Lipinski definition) is 4. The number of aromatic hydroxyl groups is 1.